The Labute approximate surface area is 118 Å². The fourth-order valence-corrected chi connectivity index (χ4v) is 2.24. The Morgan fingerprint density at radius 2 is 2.10 bits per heavy atom. The van der Waals surface area contributed by atoms with E-state index in [1.165, 1.54) is 0 Å². The Kier molecular flexibility index (Phi) is 4.78. The number of urea groups is 1. The van der Waals surface area contributed by atoms with E-state index in [9.17, 15) is 18.4 Å². The molecule has 0 bridgehead atoms. The van der Waals surface area contributed by atoms with Gasteiger partial charge in [-0.25, -0.2) is 4.79 Å². The predicted molar refractivity (Wildman–Crippen MR) is 71.9 cm³/mol. The molecule has 1 fully saturated rings. The van der Waals surface area contributed by atoms with Gasteiger partial charge in [-0.2, -0.15) is 8.78 Å². The maximum atomic E-state index is 12.1. The molecule has 1 heterocycles. The van der Waals surface area contributed by atoms with E-state index >= 15 is 0 Å². The van der Waals surface area contributed by atoms with Gasteiger partial charge in [0.25, 0.3) is 5.76 Å². The largest absolute Gasteiger partial charge is 0.376 e. The third-order valence-corrected chi connectivity index (χ3v) is 3.40. The molecule has 1 aromatic carbocycles. The summed E-state index contributed by atoms with van der Waals surface area (Å²) in [6.45, 7) is 0.808. The van der Waals surface area contributed by atoms with Crippen molar-refractivity contribution in [3.8, 4) is 0 Å². The molecule has 0 aliphatic carbocycles. The van der Waals surface area contributed by atoms with Crippen LogP contribution < -0.4 is 10.6 Å². The Balaban J connectivity index is 1.84. The number of halogens is 2. The second kappa shape index (κ2) is 6.56. The van der Waals surface area contributed by atoms with Crippen molar-refractivity contribution in [2.24, 2.45) is 0 Å². The van der Waals surface area contributed by atoms with Crippen molar-refractivity contribution >= 4 is 29.4 Å². The minimum atomic E-state index is -2.45. The molecule has 1 saturated heterocycles. The van der Waals surface area contributed by atoms with Crippen molar-refractivity contribution < 1.29 is 18.4 Å². The van der Waals surface area contributed by atoms with Crippen LogP contribution in [0.15, 0.2) is 29.2 Å². The van der Waals surface area contributed by atoms with Gasteiger partial charge in [-0.15, -0.1) is 0 Å². The summed E-state index contributed by atoms with van der Waals surface area (Å²) in [6.07, 6.45) is 0. The van der Waals surface area contributed by atoms with E-state index in [4.69, 9.17) is 0 Å². The van der Waals surface area contributed by atoms with Crippen LogP contribution >= 0.6 is 11.8 Å². The number of carbonyl (C=O) groups excluding carboxylic acids is 2. The Hall–Kier alpha value is -1.83. The number of nitrogens with one attached hydrogen (secondary N) is 2. The number of amides is 3. The molecule has 0 spiro atoms. The summed E-state index contributed by atoms with van der Waals surface area (Å²) in [4.78, 5) is 24.6. The number of imide groups is 1. The summed E-state index contributed by atoms with van der Waals surface area (Å²) >= 11 is 0.463. The number of nitrogens with zero attached hydrogens (tertiary/aromatic N) is 1. The van der Waals surface area contributed by atoms with Crippen molar-refractivity contribution in [3.05, 3.63) is 24.3 Å². The Morgan fingerprint density at radius 1 is 1.40 bits per heavy atom. The molecule has 8 heteroatoms. The van der Waals surface area contributed by atoms with Crippen molar-refractivity contribution in [2.75, 3.05) is 25.0 Å². The van der Waals surface area contributed by atoms with E-state index in [2.05, 4.69) is 10.6 Å². The van der Waals surface area contributed by atoms with Gasteiger partial charge >= 0.3 is 6.03 Å². The van der Waals surface area contributed by atoms with E-state index in [1.807, 2.05) is 0 Å². The molecule has 1 aliphatic heterocycles. The SMILES string of the molecule is O=C(CNc1ccc(SC(F)F)cc1)N1CCNC1=O. The van der Waals surface area contributed by atoms with Gasteiger partial charge in [0.2, 0.25) is 5.91 Å². The van der Waals surface area contributed by atoms with Gasteiger partial charge in [-0.3, -0.25) is 9.69 Å². The van der Waals surface area contributed by atoms with Gasteiger partial charge in [-0.05, 0) is 24.3 Å². The maximum absolute atomic E-state index is 12.1. The minimum absolute atomic E-state index is 0.0191. The number of hydrogen-bond donors (Lipinski definition) is 2. The van der Waals surface area contributed by atoms with E-state index in [1.54, 1.807) is 24.3 Å². The third-order valence-electron chi connectivity index (χ3n) is 2.68. The Morgan fingerprint density at radius 3 is 2.65 bits per heavy atom. The number of rotatable bonds is 5. The fraction of sp³-hybridized carbons (Fsp3) is 0.333. The van der Waals surface area contributed by atoms with Gasteiger partial charge < -0.3 is 10.6 Å². The highest BCUT2D eigenvalue weighted by atomic mass is 32.2. The first kappa shape index (κ1) is 14.6. The van der Waals surface area contributed by atoms with Crippen molar-refractivity contribution in [3.63, 3.8) is 0 Å². The van der Waals surface area contributed by atoms with Crippen LogP contribution in [-0.2, 0) is 4.79 Å². The molecule has 20 heavy (non-hydrogen) atoms. The lowest BCUT2D eigenvalue weighted by atomic mass is 10.3. The first-order valence-corrected chi connectivity index (χ1v) is 6.81. The lowest BCUT2D eigenvalue weighted by Crippen LogP contribution is -2.37. The van der Waals surface area contributed by atoms with Crippen molar-refractivity contribution in [1.29, 1.82) is 0 Å². The van der Waals surface area contributed by atoms with E-state index in [0.717, 1.165) is 4.90 Å². The van der Waals surface area contributed by atoms with Crippen LogP contribution in [0.2, 0.25) is 0 Å². The molecule has 2 rings (SSSR count). The average molecular weight is 301 g/mol. The van der Waals surface area contributed by atoms with E-state index < -0.39 is 5.76 Å². The van der Waals surface area contributed by atoms with Gasteiger partial charge in [0.15, 0.2) is 0 Å². The highest BCUT2D eigenvalue weighted by Crippen LogP contribution is 2.26. The van der Waals surface area contributed by atoms with Gasteiger partial charge in [0.1, 0.15) is 0 Å². The van der Waals surface area contributed by atoms with E-state index in [0.29, 0.717) is 35.4 Å². The molecule has 2 N–H and O–H groups in total. The molecule has 0 aromatic heterocycles. The zero-order chi connectivity index (χ0) is 14.5. The molecule has 0 radical (unpaired) electrons. The summed E-state index contributed by atoms with van der Waals surface area (Å²) in [5, 5.41) is 5.39. The van der Waals surface area contributed by atoms with E-state index in [-0.39, 0.29) is 18.5 Å². The topological polar surface area (TPSA) is 61.4 Å². The van der Waals surface area contributed by atoms with Crippen LogP contribution in [0.25, 0.3) is 0 Å². The molecule has 0 unspecified atom stereocenters. The second-order valence-corrected chi connectivity index (χ2v) is 5.10. The first-order chi connectivity index (χ1) is 9.56. The molecular formula is C12H13F2N3O2S. The molecule has 5 nitrogen and oxygen atoms in total. The summed E-state index contributed by atoms with van der Waals surface area (Å²) in [5.74, 6) is -2.78. The lowest BCUT2D eigenvalue weighted by Gasteiger charge is -2.13. The number of anilines is 1. The second-order valence-electron chi connectivity index (χ2n) is 4.03. The van der Waals surface area contributed by atoms with Gasteiger partial charge in [-0.1, -0.05) is 11.8 Å². The Bertz CT molecular complexity index is 496. The smallest absolute Gasteiger partial charge is 0.324 e. The van der Waals surface area contributed by atoms with Crippen molar-refractivity contribution in [2.45, 2.75) is 10.7 Å². The molecule has 108 valence electrons. The number of carbonyl (C=O) groups is 2. The quantitative estimate of drug-likeness (QED) is 0.816. The van der Waals surface area contributed by atoms with Crippen LogP contribution in [0, 0.1) is 0 Å². The standard InChI is InChI=1S/C12H13F2N3O2S/c13-11(14)20-9-3-1-8(2-4-9)16-7-10(18)17-6-5-15-12(17)19/h1-4,11,16H,5-7H2,(H,15,19). The summed E-state index contributed by atoms with van der Waals surface area (Å²) in [6, 6.07) is 5.93. The number of alkyl halides is 2. The number of hydrogen-bond acceptors (Lipinski definition) is 4. The molecule has 3 amide bonds. The van der Waals surface area contributed by atoms with Gasteiger partial charge in [0, 0.05) is 23.7 Å². The van der Waals surface area contributed by atoms with Crippen molar-refractivity contribution in [1.82, 2.24) is 10.2 Å². The lowest BCUT2D eigenvalue weighted by molar-refractivity contribution is -0.125. The summed E-state index contributed by atoms with van der Waals surface area (Å²) in [7, 11) is 0. The first-order valence-electron chi connectivity index (χ1n) is 5.93. The number of thioether (sulfide) groups is 1. The van der Waals surface area contributed by atoms with Crippen LogP contribution in [0.1, 0.15) is 0 Å². The zero-order valence-corrected chi connectivity index (χ0v) is 11.3. The molecular weight excluding hydrogens is 288 g/mol. The minimum Gasteiger partial charge on any atom is -0.376 e. The summed E-state index contributed by atoms with van der Waals surface area (Å²) < 4.78 is 24.3. The number of benzene rings is 1. The van der Waals surface area contributed by atoms with Gasteiger partial charge in [0.05, 0.1) is 6.54 Å². The molecule has 0 saturated carbocycles. The fourth-order valence-electron chi connectivity index (χ4n) is 1.74. The molecule has 0 atom stereocenters. The monoisotopic (exact) mass is 301 g/mol. The highest BCUT2D eigenvalue weighted by Gasteiger charge is 2.25. The maximum Gasteiger partial charge on any atom is 0.324 e. The van der Waals surface area contributed by atoms with Crippen LogP contribution in [0.3, 0.4) is 0 Å². The van der Waals surface area contributed by atoms with Crippen LogP contribution in [0.5, 0.6) is 0 Å². The normalized spacial score (nSPS) is 14.6. The summed E-state index contributed by atoms with van der Waals surface area (Å²) in [5.41, 5.74) is 0.636. The highest BCUT2D eigenvalue weighted by molar-refractivity contribution is 7.99. The molecule has 1 aliphatic rings. The molecule has 1 aromatic rings. The third kappa shape index (κ3) is 3.83. The van der Waals surface area contributed by atoms with Crippen LogP contribution in [-0.4, -0.2) is 42.2 Å². The van der Waals surface area contributed by atoms with Crippen LogP contribution in [0.4, 0.5) is 19.3 Å². The zero-order valence-electron chi connectivity index (χ0n) is 10.4. The predicted octanol–water partition coefficient (Wildman–Crippen LogP) is 1.96. The average Bonchev–Trinajstić information content (AvgIpc) is 2.83.